The number of carbonyl (C=O) groups excluding carboxylic acids is 1. The van der Waals surface area contributed by atoms with Gasteiger partial charge in [0.2, 0.25) is 5.90 Å². The molecule has 0 aromatic heterocycles. The van der Waals surface area contributed by atoms with Crippen molar-refractivity contribution in [1.29, 1.82) is 0 Å². The predicted molar refractivity (Wildman–Crippen MR) is 137 cm³/mol. The summed E-state index contributed by atoms with van der Waals surface area (Å²) in [5.41, 5.74) is 3.65. The van der Waals surface area contributed by atoms with Gasteiger partial charge in [0.1, 0.15) is 18.2 Å². The van der Waals surface area contributed by atoms with Crippen molar-refractivity contribution in [3.8, 4) is 5.75 Å². The second-order valence-corrected chi connectivity index (χ2v) is 9.90. The lowest BCUT2D eigenvalue weighted by Gasteiger charge is -2.11. The molecule has 8 heteroatoms. The van der Waals surface area contributed by atoms with E-state index in [0.29, 0.717) is 14.7 Å². The first kappa shape index (κ1) is 23.1. The fraction of sp³-hybridized carbons (Fsp3) is 0.0833. The lowest BCUT2D eigenvalue weighted by Crippen LogP contribution is -2.05. The third-order valence-corrected chi connectivity index (χ3v) is 7.03. The minimum absolute atomic E-state index is 0.218. The van der Waals surface area contributed by atoms with E-state index in [1.54, 1.807) is 18.2 Å². The van der Waals surface area contributed by atoms with Crippen LogP contribution in [0.3, 0.4) is 0 Å². The molecule has 0 N–H and O–H groups in total. The van der Waals surface area contributed by atoms with Gasteiger partial charge in [0, 0.05) is 9.13 Å². The second kappa shape index (κ2) is 9.84. The van der Waals surface area contributed by atoms with E-state index in [1.165, 1.54) is 12.1 Å². The third kappa shape index (κ3) is 5.29. The SMILES string of the molecule is Cc1cc(C2=N/C(=C\c3cc(Br)c(OCc4ccc(F)cc4)c(Br)c3)C(=O)O2)ccc1I. The number of carbonyl (C=O) groups is 1. The lowest BCUT2D eigenvalue weighted by atomic mass is 10.1. The summed E-state index contributed by atoms with van der Waals surface area (Å²) in [7, 11) is 0. The normalized spacial score (nSPS) is 14.5. The molecule has 0 spiro atoms. The molecule has 3 aromatic rings. The van der Waals surface area contributed by atoms with E-state index >= 15 is 0 Å². The van der Waals surface area contributed by atoms with Crippen molar-refractivity contribution in [1.82, 2.24) is 0 Å². The summed E-state index contributed by atoms with van der Waals surface area (Å²) in [4.78, 5) is 16.7. The van der Waals surface area contributed by atoms with Crippen LogP contribution in [0.5, 0.6) is 5.75 Å². The molecular formula is C24H15Br2FINO3. The zero-order valence-electron chi connectivity index (χ0n) is 16.7. The van der Waals surface area contributed by atoms with Gasteiger partial charge in [-0.1, -0.05) is 12.1 Å². The van der Waals surface area contributed by atoms with Crippen LogP contribution in [-0.2, 0) is 16.1 Å². The van der Waals surface area contributed by atoms with Gasteiger partial charge in [0.25, 0.3) is 0 Å². The number of rotatable bonds is 5. The smallest absolute Gasteiger partial charge is 0.363 e. The second-order valence-electron chi connectivity index (χ2n) is 7.03. The van der Waals surface area contributed by atoms with Crippen molar-refractivity contribution < 1.29 is 18.7 Å². The van der Waals surface area contributed by atoms with Gasteiger partial charge < -0.3 is 9.47 Å². The molecule has 1 aliphatic rings. The van der Waals surface area contributed by atoms with E-state index < -0.39 is 5.97 Å². The van der Waals surface area contributed by atoms with Crippen molar-refractivity contribution in [2.75, 3.05) is 0 Å². The predicted octanol–water partition coefficient (Wildman–Crippen LogP) is 7.19. The number of esters is 1. The summed E-state index contributed by atoms with van der Waals surface area (Å²) >= 11 is 9.28. The van der Waals surface area contributed by atoms with Crippen LogP contribution in [0.25, 0.3) is 6.08 Å². The van der Waals surface area contributed by atoms with Crippen LogP contribution in [0, 0.1) is 16.3 Å². The Kier molecular flexibility index (Phi) is 7.11. The Morgan fingerprint density at radius 2 is 1.78 bits per heavy atom. The van der Waals surface area contributed by atoms with E-state index in [4.69, 9.17) is 9.47 Å². The van der Waals surface area contributed by atoms with Crippen molar-refractivity contribution in [3.05, 3.63) is 101 Å². The maximum absolute atomic E-state index is 13.1. The molecule has 0 fully saturated rings. The molecule has 0 saturated heterocycles. The van der Waals surface area contributed by atoms with Gasteiger partial charge >= 0.3 is 5.97 Å². The van der Waals surface area contributed by atoms with Gasteiger partial charge in [-0.15, -0.1) is 0 Å². The fourth-order valence-electron chi connectivity index (χ4n) is 3.01. The number of cyclic esters (lactones) is 1. The monoisotopic (exact) mass is 669 g/mol. The van der Waals surface area contributed by atoms with Crippen LogP contribution in [0.15, 0.2) is 74.2 Å². The van der Waals surface area contributed by atoms with E-state index in [-0.39, 0.29) is 24.0 Å². The Morgan fingerprint density at radius 3 is 2.44 bits per heavy atom. The van der Waals surface area contributed by atoms with Crippen LogP contribution in [-0.4, -0.2) is 11.9 Å². The first-order valence-corrected chi connectivity index (χ1v) is 12.1. The fourth-order valence-corrected chi connectivity index (χ4v) is 4.79. The van der Waals surface area contributed by atoms with Crippen molar-refractivity contribution in [2.45, 2.75) is 13.5 Å². The van der Waals surface area contributed by atoms with E-state index in [0.717, 1.165) is 25.8 Å². The zero-order valence-corrected chi connectivity index (χ0v) is 22.0. The topological polar surface area (TPSA) is 47.9 Å². The molecule has 3 aromatic carbocycles. The quantitative estimate of drug-likeness (QED) is 0.164. The van der Waals surface area contributed by atoms with Crippen molar-refractivity contribution in [2.24, 2.45) is 4.99 Å². The third-order valence-electron chi connectivity index (χ3n) is 4.65. The van der Waals surface area contributed by atoms with Gasteiger partial charge in [0.15, 0.2) is 5.70 Å². The number of ether oxygens (including phenoxy) is 2. The maximum atomic E-state index is 13.1. The average Bonchev–Trinajstić information content (AvgIpc) is 3.11. The van der Waals surface area contributed by atoms with E-state index in [9.17, 15) is 9.18 Å². The number of halogens is 4. The molecule has 162 valence electrons. The van der Waals surface area contributed by atoms with Crippen molar-refractivity contribution in [3.63, 3.8) is 0 Å². The number of aliphatic imine (C=N–C) groups is 1. The molecule has 0 radical (unpaired) electrons. The molecule has 0 bridgehead atoms. The molecule has 0 aliphatic carbocycles. The Bertz CT molecular complexity index is 1250. The summed E-state index contributed by atoms with van der Waals surface area (Å²) in [5.74, 6) is 0.101. The van der Waals surface area contributed by atoms with Crippen LogP contribution in [0.4, 0.5) is 4.39 Å². The number of hydrogen-bond acceptors (Lipinski definition) is 4. The summed E-state index contributed by atoms with van der Waals surface area (Å²) < 4.78 is 26.8. The van der Waals surface area contributed by atoms with Gasteiger partial charge in [-0.3, -0.25) is 0 Å². The van der Waals surface area contributed by atoms with Crippen LogP contribution in [0.2, 0.25) is 0 Å². The van der Waals surface area contributed by atoms with E-state index in [1.807, 2.05) is 37.3 Å². The summed E-state index contributed by atoms with van der Waals surface area (Å²) in [6, 6.07) is 15.6. The Morgan fingerprint density at radius 1 is 1.09 bits per heavy atom. The summed E-state index contributed by atoms with van der Waals surface area (Å²) in [5, 5.41) is 0. The largest absolute Gasteiger partial charge is 0.487 e. The molecular weight excluding hydrogens is 656 g/mol. The molecule has 0 atom stereocenters. The Balaban J connectivity index is 1.55. The van der Waals surface area contributed by atoms with Crippen LogP contribution in [0.1, 0.15) is 22.3 Å². The summed E-state index contributed by atoms with van der Waals surface area (Å²) in [6.07, 6.45) is 1.66. The highest BCUT2D eigenvalue weighted by Gasteiger charge is 2.24. The van der Waals surface area contributed by atoms with Gasteiger partial charge in [-0.05, 0) is 127 Å². The minimum Gasteiger partial charge on any atom is -0.487 e. The number of hydrogen-bond donors (Lipinski definition) is 0. The van der Waals surface area contributed by atoms with Gasteiger partial charge in [0.05, 0.1) is 8.95 Å². The molecule has 1 aliphatic heterocycles. The Labute approximate surface area is 214 Å². The van der Waals surface area contributed by atoms with Crippen LogP contribution >= 0.6 is 54.5 Å². The molecule has 4 rings (SSSR count). The first-order valence-electron chi connectivity index (χ1n) is 9.45. The van der Waals surface area contributed by atoms with Gasteiger partial charge in [-0.2, -0.15) is 0 Å². The highest BCUT2D eigenvalue weighted by Crippen LogP contribution is 2.36. The standard InChI is InChI=1S/C24H15Br2FINO3/c1-13-8-16(4-7-20(13)28)23-29-21(24(30)32-23)11-15-9-18(25)22(19(26)10-15)31-12-14-2-5-17(27)6-3-14/h2-11H,12H2,1H3/b21-11-. The van der Waals surface area contributed by atoms with E-state index in [2.05, 4.69) is 59.4 Å². The molecule has 4 nitrogen and oxygen atoms in total. The molecule has 1 heterocycles. The summed E-state index contributed by atoms with van der Waals surface area (Å²) in [6.45, 7) is 2.28. The zero-order chi connectivity index (χ0) is 22.8. The number of nitrogens with zero attached hydrogens (tertiary/aromatic N) is 1. The number of aryl methyl sites for hydroxylation is 1. The van der Waals surface area contributed by atoms with Crippen LogP contribution < -0.4 is 4.74 Å². The minimum atomic E-state index is -0.500. The van der Waals surface area contributed by atoms with Crippen molar-refractivity contribution >= 4 is 72.4 Å². The highest BCUT2D eigenvalue weighted by atomic mass is 127. The Hall–Kier alpha value is -2.04. The molecule has 32 heavy (non-hydrogen) atoms. The number of benzene rings is 3. The maximum Gasteiger partial charge on any atom is 0.363 e. The lowest BCUT2D eigenvalue weighted by molar-refractivity contribution is -0.129. The molecule has 0 amide bonds. The molecule has 0 saturated carbocycles. The molecule has 0 unspecified atom stereocenters. The first-order chi connectivity index (χ1) is 15.3. The van der Waals surface area contributed by atoms with Gasteiger partial charge in [-0.25, -0.2) is 14.2 Å². The average molecular weight is 671 g/mol. The highest BCUT2D eigenvalue weighted by molar-refractivity contribution is 14.1.